The molecule has 9 nitrogen and oxygen atoms in total. The first-order chi connectivity index (χ1) is 16.0. The van der Waals surface area contributed by atoms with Crippen LogP contribution in [0.25, 0.3) is 0 Å². The van der Waals surface area contributed by atoms with Gasteiger partial charge in [-0.15, -0.1) is 0 Å². The van der Waals surface area contributed by atoms with Crippen LogP contribution in [0.1, 0.15) is 12.5 Å². The van der Waals surface area contributed by atoms with Gasteiger partial charge in [0.15, 0.2) is 11.5 Å². The molecule has 2 amide bonds. The fourth-order valence-corrected chi connectivity index (χ4v) is 4.74. The predicted molar refractivity (Wildman–Crippen MR) is 130 cm³/mol. The lowest BCUT2D eigenvalue weighted by Gasteiger charge is -2.31. The van der Waals surface area contributed by atoms with Crippen LogP contribution < -0.4 is 19.1 Å². The van der Waals surface area contributed by atoms with Gasteiger partial charge >= 0.3 is 0 Å². The van der Waals surface area contributed by atoms with Crippen molar-refractivity contribution in [1.29, 1.82) is 0 Å². The predicted octanol–water partition coefficient (Wildman–Crippen LogP) is 2.69. The number of nitrogens with one attached hydrogen (secondary N) is 1. The fraction of sp³-hybridized carbons (Fsp3) is 0.364. The molecule has 0 fully saturated rings. The Morgan fingerprint density at radius 2 is 1.76 bits per heavy atom. The number of halogens is 2. The number of carbonyl (C=O) groups excluding carboxylic acids is 2. The molecular formula is C22H25Cl2N3O6S. The molecule has 1 atom stereocenters. The summed E-state index contributed by atoms with van der Waals surface area (Å²) < 4.78 is 37.3. The number of rotatable bonds is 8. The third-order valence-electron chi connectivity index (χ3n) is 5.26. The van der Waals surface area contributed by atoms with Crippen LogP contribution in [0.4, 0.5) is 5.69 Å². The van der Waals surface area contributed by atoms with Crippen molar-refractivity contribution in [3.63, 3.8) is 0 Å². The van der Waals surface area contributed by atoms with Crippen LogP contribution >= 0.6 is 23.2 Å². The van der Waals surface area contributed by atoms with Crippen molar-refractivity contribution in [3.8, 4) is 11.5 Å². The highest BCUT2D eigenvalue weighted by atomic mass is 35.5. The minimum atomic E-state index is -3.87. The second kappa shape index (κ2) is 10.7. The van der Waals surface area contributed by atoms with Gasteiger partial charge in [-0.1, -0.05) is 29.3 Å². The van der Waals surface area contributed by atoms with Crippen molar-refractivity contribution in [1.82, 2.24) is 10.2 Å². The number of carbonyl (C=O) groups is 2. The average Bonchev–Trinajstić information content (AvgIpc) is 2.80. The number of sulfonamides is 1. The summed E-state index contributed by atoms with van der Waals surface area (Å²) in [5.41, 5.74) is 0.789. The summed E-state index contributed by atoms with van der Waals surface area (Å²) in [5, 5.41) is 3.25. The van der Waals surface area contributed by atoms with E-state index in [4.69, 9.17) is 32.7 Å². The SMILES string of the molecule is CNC(=O)C(C)N(Cc1ccc(Cl)cc1Cl)C(=O)CN(c1ccc2c(c1)OCCO2)S(C)(=O)=O. The van der Waals surface area contributed by atoms with E-state index in [-0.39, 0.29) is 12.2 Å². The van der Waals surface area contributed by atoms with E-state index in [2.05, 4.69) is 5.32 Å². The Morgan fingerprint density at radius 1 is 1.09 bits per heavy atom. The highest BCUT2D eigenvalue weighted by Gasteiger charge is 2.30. The molecule has 1 heterocycles. The highest BCUT2D eigenvalue weighted by Crippen LogP contribution is 2.35. The molecule has 2 aromatic carbocycles. The summed E-state index contributed by atoms with van der Waals surface area (Å²) in [6, 6.07) is 8.53. The van der Waals surface area contributed by atoms with E-state index in [1.165, 1.54) is 30.1 Å². The molecule has 1 unspecified atom stereocenters. The van der Waals surface area contributed by atoms with Crippen molar-refractivity contribution >= 4 is 50.7 Å². The van der Waals surface area contributed by atoms with E-state index in [1.54, 1.807) is 25.1 Å². The van der Waals surface area contributed by atoms with E-state index < -0.39 is 34.4 Å². The summed E-state index contributed by atoms with van der Waals surface area (Å²) in [6.45, 7) is 1.70. The molecule has 0 bridgehead atoms. The maximum atomic E-state index is 13.4. The molecular weight excluding hydrogens is 505 g/mol. The van der Waals surface area contributed by atoms with Crippen LogP contribution in [-0.2, 0) is 26.2 Å². The summed E-state index contributed by atoms with van der Waals surface area (Å²) >= 11 is 12.3. The normalized spacial score (nSPS) is 13.7. The largest absolute Gasteiger partial charge is 0.486 e. The molecule has 0 aromatic heterocycles. The van der Waals surface area contributed by atoms with Gasteiger partial charge in [0.1, 0.15) is 25.8 Å². The zero-order chi connectivity index (χ0) is 25.0. The van der Waals surface area contributed by atoms with Crippen LogP contribution in [0.5, 0.6) is 11.5 Å². The van der Waals surface area contributed by atoms with Crippen molar-refractivity contribution in [2.45, 2.75) is 19.5 Å². The van der Waals surface area contributed by atoms with Crippen molar-refractivity contribution < 1.29 is 27.5 Å². The number of nitrogens with zero attached hydrogens (tertiary/aromatic N) is 2. The molecule has 1 aliphatic heterocycles. The molecule has 0 saturated heterocycles. The van der Waals surface area contributed by atoms with Gasteiger partial charge in [-0.3, -0.25) is 13.9 Å². The maximum Gasteiger partial charge on any atom is 0.244 e. The van der Waals surface area contributed by atoms with Gasteiger partial charge in [0.25, 0.3) is 0 Å². The third kappa shape index (κ3) is 6.05. The number of ether oxygens (including phenoxy) is 2. The molecule has 3 rings (SSSR count). The van der Waals surface area contributed by atoms with Crippen LogP contribution in [0.15, 0.2) is 36.4 Å². The number of anilines is 1. The Kier molecular flexibility index (Phi) is 8.17. The van der Waals surface area contributed by atoms with Crippen LogP contribution in [0.3, 0.4) is 0 Å². The Bertz CT molecular complexity index is 1190. The molecule has 184 valence electrons. The van der Waals surface area contributed by atoms with Gasteiger partial charge in [0, 0.05) is 29.7 Å². The van der Waals surface area contributed by atoms with Crippen LogP contribution in [0.2, 0.25) is 10.0 Å². The van der Waals surface area contributed by atoms with Gasteiger partial charge in [-0.25, -0.2) is 8.42 Å². The van der Waals surface area contributed by atoms with Gasteiger partial charge in [-0.2, -0.15) is 0 Å². The number of amides is 2. The van der Waals surface area contributed by atoms with E-state index in [1.807, 2.05) is 0 Å². The average molecular weight is 530 g/mol. The van der Waals surface area contributed by atoms with E-state index in [0.717, 1.165) is 10.6 Å². The first kappa shape index (κ1) is 25.9. The molecule has 0 radical (unpaired) electrons. The Balaban J connectivity index is 1.93. The molecule has 0 spiro atoms. The molecule has 0 saturated carbocycles. The lowest BCUT2D eigenvalue weighted by atomic mass is 10.1. The van der Waals surface area contributed by atoms with Gasteiger partial charge < -0.3 is 19.7 Å². The molecule has 34 heavy (non-hydrogen) atoms. The van der Waals surface area contributed by atoms with E-state index in [9.17, 15) is 18.0 Å². The first-order valence-electron chi connectivity index (χ1n) is 10.3. The van der Waals surface area contributed by atoms with Crippen LogP contribution in [-0.4, -0.2) is 64.2 Å². The number of benzene rings is 2. The van der Waals surface area contributed by atoms with Gasteiger partial charge in [-0.05, 0) is 36.8 Å². The molecule has 1 aliphatic rings. The summed E-state index contributed by atoms with van der Waals surface area (Å²) in [4.78, 5) is 27.1. The topological polar surface area (TPSA) is 105 Å². The van der Waals surface area contributed by atoms with Crippen molar-refractivity contribution in [2.24, 2.45) is 0 Å². The first-order valence-corrected chi connectivity index (χ1v) is 12.9. The molecule has 12 heteroatoms. The zero-order valence-electron chi connectivity index (χ0n) is 18.9. The molecule has 1 N–H and O–H groups in total. The lowest BCUT2D eigenvalue weighted by molar-refractivity contribution is -0.139. The lowest BCUT2D eigenvalue weighted by Crippen LogP contribution is -2.50. The Morgan fingerprint density at radius 3 is 2.38 bits per heavy atom. The fourth-order valence-electron chi connectivity index (χ4n) is 3.43. The minimum absolute atomic E-state index is 0.0256. The molecule has 2 aromatic rings. The Hall–Kier alpha value is -2.69. The van der Waals surface area contributed by atoms with E-state index >= 15 is 0 Å². The van der Waals surface area contributed by atoms with Gasteiger partial charge in [0.2, 0.25) is 21.8 Å². The third-order valence-corrected chi connectivity index (χ3v) is 6.99. The van der Waals surface area contributed by atoms with E-state index in [0.29, 0.717) is 40.3 Å². The smallest absolute Gasteiger partial charge is 0.244 e. The standard InChI is InChI=1S/C22H25Cl2N3O6S/c1-14(22(29)25-2)26(12-15-4-5-16(23)10-18(15)24)21(28)13-27(34(3,30)31)17-6-7-19-20(11-17)33-9-8-32-19/h4-7,10-11,14H,8-9,12-13H2,1-3H3,(H,25,29). The number of hydrogen-bond donors (Lipinski definition) is 1. The van der Waals surface area contributed by atoms with Crippen molar-refractivity contribution in [3.05, 3.63) is 52.0 Å². The second-order valence-electron chi connectivity index (χ2n) is 7.65. The maximum absolute atomic E-state index is 13.4. The summed E-state index contributed by atoms with van der Waals surface area (Å²) in [7, 11) is -2.41. The quantitative estimate of drug-likeness (QED) is 0.563. The van der Waals surface area contributed by atoms with Crippen molar-refractivity contribution in [2.75, 3.05) is 37.4 Å². The summed E-state index contributed by atoms with van der Waals surface area (Å²) in [6.07, 6.45) is 1.000. The number of fused-ring (bicyclic) bond motifs is 1. The van der Waals surface area contributed by atoms with Crippen LogP contribution in [0, 0.1) is 0 Å². The Labute approximate surface area is 208 Å². The molecule has 0 aliphatic carbocycles. The zero-order valence-corrected chi connectivity index (χ0v) is 21.2. The second-order valence-corrected chi connectivity index (χ2v) is 10.4. The summed E-state index contributed by atoms with van der Waals surface area (Å²) in [5.74, 6) is -0.137. The highest BCUT2D eigenvalue weighted by molar-refractivity contribution is 7.92. The monoisotopic (exact) mass is 529 g/mol. The van der Waals surface area contributed by atoms with Gasteiger partial charge in [0.05, 0.1) is 11.9 Å². The minimum Gasteiger partial charge on any atom is -0.486 e. The number of hydrogen-bond acceptors (Lipinski definition) is 6. The number of likely N-dealkylation sites (N-methyl/N-ethyl adjacent to an activating group) is 1.